The summed E-state index contributed by atoms with van der Waals surface area (Å²) >= 11 is 0. The Balaban J connectivity index is 0.000000296. The first-order chi connectivity index (χ1) is 21.4. The molecule has 6 heterocycles. The predicted molar refractivity (Wildman–Crippen MR) is 169 cm³/mol. The van der Waals surface area contributed by atoms with Crippen molar-refractivity contribution in [2.24, 2.45) is 0 Å². The van der Waals surface area contributed by atoms with Gasteiger partial charge in [-0.3, -0.25) is 4.90 Å². The average Bonchev–Trinajstić information content (AvgIpc) is 3.52. The first kappa shape index (κ1) is 29.0. The zero-order valence-electron chi connectivity index (χ0n) is 25.3. The van der Waals surface area contributed by atoms with E-state index in [1.807, 2.05) is 26.0 Å². The standard InChI is InChI=1S/C28H25F2N5.C7H12FN/c1-4-18-20(29)9-8-16-11-15(3)12-19(23(16)18)26-25(30)27-24-21(32-26)7-6-10-35(17-13-31-14-17)28(24)34-22(5-2)33-27;8-6-4-7-2-1-3-9(7)5-6/h1,8-9,11-12,17,31H,5-7,10,13-14H2,2-3H3;6-7H,1-5H2. The molecule has 3 fully saturated rings. The van der Waals surface area contributed by atoms with Gasteiger partial charge < -0.3 is 10.2 Å². The molecular weight excluding hydrogens is 561 g/mol. The van der Waals surface area contributed by atoms with Crippen LogP contribution in [0.3, 0.4) is 0 Å². The first-order valence-electron chi connectivity index (χ1n) is 15.8. The fourth-order valence-corrected chi connectivity index (χ4v) is 7.31. The Morgan fingerprint density at radius 2 is 1.89 bits per heavy atom. The second kappa shape index (κ2) is 11.6. The van der Waals surface area contributed by atoms with Crippen LogP contribution in [0.2, 0.25) is 0 Å². The van der Waals surface area contributed by atoms with Crippen LogP contribution < -0.4 is 10.2 Å². The molecule has 4 aliphatic heterocycles. The summed E-state index contributed by atoms with van der Waals surface area (Å²) in [7, 11) is 0. The van der Waals surface area contributed by atoms with Crippen LogP contribution in [0.4, 0.5) is 19.0 Å². The maximum atomic E-state index is 16.4. The van der Waals surface area contributed by atoms with Gasteiger partial charge in [0.25, 0.3) is 0 Å². The monoisotopic (exact) mass is 598 g/mol. The van der Waals surface area contributed by atoms with Gasteiger partial charge in [0.05, 0.1) is 22.7 Å². The van der Waals surface area contributed by atoms with Crippen LogP contribution in [-0.4, -0.2) is 70.8 Å². The van der Waals surface area contributed by atoms with Crippen molar-refractivity contribution >= 4 is 27.5 Å². The van der Waals surface area contributed by atoms with Gasteiger partial charge >= 0.3 is 0 Å². The van der Waals surface area contributed by atoms with E-state index in [0.29, 0.717) is 53.6 Å². The molecule has 2 aromatic carbocycles. The molecule has 0 bridgehead atoms. The quantitative estimate of drug-likeness (QED) is 0.297. The fourth-order valence-electron chi connectivity index (χ4n) is 7.31. The zero-order valence-corrected chi connectivity index (χ0v) is 25.3. The SMILES string of the molecule is C#Cc1c(F)ccc2cc(C)cc(-c3nc4c5c(nc(CC)nc5c3F)N(C3CNC3)CCC4)c12.FC1CC2CCCN2C1. The minimum Gasteiger partial charge on any atom is -0.350 e. The molecule has 0 spiro atoms. The number of hydrogen-bond donors (Lipinski definition) is 1. The molecule has 6 nitrogen and oxygen atoms in total. The van der Waals surface area contributed by atoms with E-state index in [4.69, 9.17) is 16.4 Å². The molecule has 0 radical (unpaired) electrons. The lowest BCUT2D eigenvalue weighted by molar-refractivity contribution is 0.292. The van der Waals surface area contributed by atoms with E-state index in [2.05, 4.69) is 26.0 Å². The topological polar surface area (TPSA) is 57.2 Å². The molecule has 3 saturated heterocycles. The van der Waals surface area contributed by atoms with Crippen molar-refractivity contribution < 1.29 is 13.2 Å². The Morgan fingerprint density at radius 1 is 1.05 bits per heavy atom. The summed E-state index contributed by atoms with van der Waals surface area (Å²) in [6.45, 7) is 8.34. The molecule has 8 rings (SSSR count). The van der Waals surface area contributed by atoms with E-state index >= 15 is 4.39 Å². The molecule has 2 atom stereocenters. The van der Waals surface area contributed by atoms with Crippen molar-refractivity contribution in [1.82, 2.24) is 25.2 Å². The second-order valence-electron chi connectivity index (χ2n) is 12.5. The number of rotatable bonds is 3. The summed E-state index contributed by atoms with van der Waals surface area (Å²) in [5, 5.41) is 5.26. The summed E-state index contributed by atoms with van der Waals surface area (Å²) in [6, 6.07) is 7.73. The number of nitrogens with zero attached hydrogens (tertiary/aromatic N) is 5. The number of pyridine rings is 1. The molecule has 0 aliphatic carbocycles. The Bertz CT molecular complexity index is 1780. The molecule has 4 aliphatic rings. The number of alkyl halides is 1. The van der Waals surface area contributed by atoms with E-state index in [1.54, 1.807) is 6.07 Å². The third kappa shape index (κ3) is 4.98. The summed E-state index contributed by atoms with van der Waals surface area (Å²) in [4.78, 5) is 18.9. The highest BCUT2D eigenvalue weighted by atomic mass is 19.1. The van der Waals surface area contributed by atoms with Crippen LogP contribution in [0.25, 0.3) is 32.9 Å². The smallest absolute Gasteiger partial charge is 0.175 e. The molecule has 9 heteroatoms. The van der Waals surface area contributed by atoms with Crippen molar-refractivity contribution in [2.75, 3.05) is 37.6 Å². The Morgan fingerprint density at radius 3 is 2.61 bits per heavy atom. The molecule has 0 amide bonds. The first-order valence-corrected chi connectivity index (χ1v) is 15.8. The highest BCUT2D eigenvalue weighted by Gasteiger charge is 2.35. The van der Waals surface area contributed by atoms with Gasteiger partial charge in [-0.25, -0.2) is 28.1 Å². The molecule has 1 N–H and O–H groups in total. The molecule has 44 heavy (non-hydrogen) atoms. The van der Waals surface area contributed by atoms with Crippen molar-refractivity contribution in [2.45, 2.75) is 70.6 Å². The van der Waals surface area contributed by atoms with Crippen LogP contribution in [-0.2, 0) is 12.8 Å². The number of nitrogens with one attached hydrogen (secondary N) is 1. The average molecular weight is 599 g/mol. The van der Waals surface area contributed by atoms with Gasteiger partial charge in [0.1, 0.15) is 34.8 Å². The van der Waals surface area contributed by atoms with E-state index in [0.717, 1.165) is 61.5 Å². The lowest BCUT2D eigenvalue weighted by atomic mass is 9.94. The number of anilines is 1. The highest BCUT2D eigenvalue weighted by Crippen LogP contribution is 2.40. The van der Waals surface area contributed by atoms with Gasteiger partial charge in [0.15, 0.2) is 5.82 Å². The van der Waals surface area contributed by atoms with Crippen molar-refractivity contribution in [3.05, 3.63) is 58.5 Å². The van der Waals surface area contributed by atoms with E-state index < -0.39 is 17.8 Å². The van der Waals surface area contributed by atoms with Gasteiger partial charge in [-0.15, -0.1) is 6.42 Å². The number of hydrogen-bond acceptors (Lipinski definition) is 6. The highest BCUT2D eigenvalue weighted by molar-refractivity contribution is 6.03. The molecule has 2 unspecified atom stereocenters. The minimum absolute atomic E-state index is 0.117. The number of aryl methyl sites for hydroxylation is 3. The Labute approximate surface area is 256 Å². The van der Waals surface area contributed by atoms with E-state index in [9.17, 15) is 8.78 Å². The van der Waals surface area contributed by atoms with Gasteiger partial charge in [0.2, 0.25) is 0 Å². The number of halogens is 3. The largest absolute Gasteiger partial charge is 0.350 e. The van der Waals surface area contributed by atoms with Crippen LogP contribution in [0.5, 0.6) is 0 Å². The van der Waals surface area contributed by atoms with E-state index in [1.165, 1.54) is 18.9 Å². The van der Waals surface area contributed by atoms with Gasteiger partial charge in [-0.2, -0.15) is 0 Å². The van der Waals surface area contributed by atoms with Gasteiger partial charge in [0, 0.05) is 49.6 Å². The zero-order chi connectivity index (χ0) is 30.5. The maximum absolute atomic E-state index is 16.4. The number of aromatic nitrogens is 3. The van der Waals surface area contributed by atoms with Crippen molar-refractivity contribution in [3.8, 4) is 23.6 Å². The summed E-state index contributed by atoms with van der Waals surface area (Å²) in [5.41, 5.74) is 2.73. The number of terminal acetylenes is 1. The molecule has 228 valence electrons. The maximum Gasteiger partial charge on any atom is 0.175 e. The Kier molecular flexibility index (Phi) is 7.67. The number of benzene rings is 2. The molecular formula is C35H37F3N6. The summed E-state index contributed by atoms with van der Waals surface area (Å²) in [5.74, 6) is 2.81. The van der Waals surface area contributed by atoms with Crippen LogP contribution >= 0.6 is 0 Å². The van der Waals surface area contributed by atoms with Crippen molar-refractivity contribution in [3.63, 3.8) is 0 Å². The summed E-state index contributed by atoms with van der Waals surface area (Å²) < 4.78 is 43.7. The normalized spacial score (nSPS) is 21.5. The Hall–Kier alpha value is -3.74. The minimum atomic E-state index is -0.519. The van der Waals surface area contributed by atoms with Crippen LogP contribution in [0, 0.1) is 30.9 Å². The second-order valence-corrected chi connectivity index (χ2v) is 12.5. The lowest BCUT2D eigenvalue weighted by Crippen LogP contribution is -2.57. The van der Waals surface area contributed by atoms with E-state index in [-0.39, 0.29) is 16.8 Å². The van der Waals surface area contributed by atoms with Crippen molar-refractivity contribution in [1.29, 1.82) is 0 Å². The van der Waals surface area contributed by atoms with Gasteiger partial charge in [-0.1, -0.05) is 25.0 Å². The third-order valence-electron chi connectivity index (χ3n) is 9.56. The van der Waals surface area contributed by atoms with Crippen LogP contribution in [0.15, 0.2) is 24.3 Å². The number of fused-ring (bicyclic) bond motifs is 2. The van der Waals surface area contributed by atoms with Crippen LogP contribution in [0.1, 0.15) is 55.3 Å². The lowest BCUT2D eigenvalue weighted by Gasteiger charge is -2.39. The van der Waals surface area contributed by atoms with Gasteiger partial charge in [-0.05, 0) is 68.7 Å². The fraction of sp³-hybridized carbons (Fsp3) is 0.457. The summed E-state index contributed by atoms with van der Waals surface area (Å²) in [6.07, 6.45) is 10.7. The molecule has 4 aromatic rings. The third-order valence-corrected chi connectivity index (χ3v) is 9.56. The predicted octanol–water partition coefficient (Wildman–Crippen LogP) is 5.89. The molecule has 2 aromatic heterocycles. The molecule has 0 saturated carbocycles.